The number of nitrogens with one attached hydrogen (secondary N) is 1. The summed E-state index contributed by atoms with van der Waals surface area (Å²) in [4.78, 5) is 40.5. The van der Waals surface area contributed by atoms with Crippen LogP contribution >= 0.6 is 0 Å². The maximum atomic E-state index is 11.9. The number of aldehydes is 1. The van der Waals surface area contributed by atoms with Gasteiger partial charge < -0.3 is 4.90 Å². The molecule has 0 radical (unpaired) electrons. The van der Waals surface area contributed by atoms with Crippen LogP contribution in [0.2, 0.25) is 0 Å². The van der Waals surface area contributed by atoms with Crippen molar-refractivity contribution in [3.8, 4) is 0 Å². The Morgan fingerprint density at radius 2 is 2.14 bits per heavy atom. The first-order chi connectivity index (χ1) is 10.4. The predicted molar refractivity (Wildman–Crippen MR) is 83.3 cm³/mol. The number of piperidine rings is 1. The molecule has 0 bridgehead atoms. The van der Waals surface area contributed by atoms with Crippen molar-refractivity contribution in [2.24, 2.45) is 4.99 Å². The highest BCUT2D eigenvalue weighted by atomic mass is 16.2. The largest absolute Gasteiger partial charge is 0.351 e. The van der Waals surface area contributed by atoms with Crippen LogP contribution in [0.25, 0.3) is 0 Å². The second kappa shape index (κ2) is 6.51. The number of aryl methyl sites for hydroxylation is 1. The van der Waals surface area contributed by atoms with E-state index in [4.69, 9.17) is 0 Å². The summed E-state index contributed by atoms with van der Waals surface area (Å²) in [5.74, 6) is 0.0579. The Labute approximate surface area is 129 Å². The van der Waals surface area contributed by atoms with Crippen LogP contribution in [0.15, 0.2) is 23.2 Å². The molecule has 22 heavy (non-hydrogen) atoms. The average Bonchev–Trinajstić information content (AvgIpc) is 2.47. The van der Waals surface area contributed by atoms with Gasteiger partial charge in [0.1, 0.15) is 11.9 Å². The molecule has 1 N–H and O–H groups in total. The summed E-state index contributed by atoms with van der Waals surface area (Å²) < 4.78 is 0. The van der Waals surface area contributed by atoms with Gasteiger partial charge in [-0.1, -0.05) is 12.1 Å². The number of aliphatic imine (C=N–C) groups is 1. The van der Waals surface area contributed by atoms with E-state index in [2.05, 4.69) is 10.3 Å². The molecule has 1 heterocycles. The first kappa shape index (κ1) is 15.9. The van der Waals surface area contributed by atoms with E-state index >= 15 is 0 Å². The molecular weight excluding hydrogens is 282 g/mol. The van der Waals surface area contributed by atoms with Gasteiger partial charge in [-0.2, -0.15) is 0 Å². The van der Waals surface area contributed by atoms with Crippen molar-refractivity contribution in [3.05, 3.63) is 29.3 Å². The van der Waals surface area contributed by atoms with Crippen molar-refractivity contribution < 1.29 is 14.4 Å². The van der Waals surface area contributed by atoms with Crippen molar-refractivity contribution in [1.82, 2.24) is 10.2 Å². The molecule has 2 rings (SSSR count). The molecule has 6 heteroatoms. The van der Waals surface area contributed by atoms with Crippen LogP contribution in [-0.2, 0) is 9.59 Å². The lowest BCUT2D eigenvalue weighted by Gasteiger charge is -2.31. The van der Waals surface area contributed by atoms with E-state index in [1.54, 1.807) is 24.9 Å². The van der Waals surface area contributed by atoms with Crippen LogP contribution in [0.5, 0.6) is 0 Å². The number of carbonyl (C=O) groups is 3. The Bertz CT molecular complexity index is 652. The normalized spacial score (nSPS) is 18.9. The van der Waals surface area contributed by atoms with Crippen LogP contribution < -0.4 is 5.32 Å². The van der Waals surface area contributed by atoms with Gasteiger partial charge in [-0.25, -0.2) is 4.99 Å². The monoisotopic (exact) mass is 301 g/mol. The smallest absolute Gasteiger partial charge is 0.249 e. The summed E-state index contributed by atoms with van der Waals surface area (Å²) in [5.41, 5.74) is 1.97. The van der Waals surface area contributed by atoms with Gasteiger partial charge in [0.2, 0.25) is 11.8 Å². The molecule has 1 unspecified atom stereocenters. The lowest BCUT2D eigenvalue weighted by Crippen LogP contribution is -2.52. The van der Waals surface area contributed by atoms with Crippen molar-refractivity contribution in [2.75, 3.05) is 7.05 Å². The Balaban J connectivity index is 2.25. The van der Waals surface area contributed by atoms with Crippen LogP contribution in [0.4, 0.5) is 5.69 Å². The molecule has 0 aliphatic carbocycles. The van der Waals surface area contributed by atoms with E-state index in [9.17, 15) is 14.4 Å². The van der Waals surface area contributed by atoms with Crippen LogP contribution in [0.1, 0.15) is 35.7 Å². The van der Waals surface area contributed by atoms with Crippen LogP contribution in [-0.4, -0.2) is 41.9 Å². The standard InChI is InChI=1S/C16H19N3O3/c1-10-5-4-6-13(12(10)9-20)17-11(2)19(3)14-7-8-15(21)18-16(14)22/h4-6,9,14H,7-8H2,1-3H3,(H,18,21,22). The number of amidine groups is 1. The maximum absolute atomic E-state index is 11.9. The number of rotatable bonds is 3. The van der Waals surface area contributed by atoms with Crippen molar-refractivity contribution in [3.63, 3.8) is 0 Å². The van der Waals surface area contributed by atoms with E-state index in [0.29, 0.717) is 29.9 Å². The number of benzene rings is 1. The summed E-state index contributed by atoms with van der Waals surface area (Å²) in [6.45, 7) is 3.63. The van der Waals surface area contributed by atoms with Gasteiger partial charge >= 0.3 is 0 Å². The first-order valence-electron chi connectivity index (χ1n) is 7.10. The Morgan fingerprint density at radius 3 is 2.77 bits per heavy atom. The van der Waals surface area contributed by atoms with Crippen LogP contribution in [0.3, 0.4) is 0 Å². The second-order valence-electron chi connectivity index (χ2n) is 5.36. The quantitative estimate of drug-likeness (QED) is 0.398. The van der Waals surface area contributed by atoms with E-state index < -0.39 is 6.04 Å². The molecule has 1 aliphatic rings. The topological polar surface area (TPSA) is 78.8 Å². The molecule has 1 fully saturated rings. The number of carbonyl (C=O) groups excluding carboxylic acids is 3. The molecule has 1 aromatic carbocycles. The Morgan fingerprint density at radius 1 is 1.41 bits per heavy atom. The molecular formula is C16H19N3O3. The Kier molecular flexibility index (Phi) is 4.70. The van der Waals surface area contributed by atoms with E-state index in [1.165, 1.54) is 0 Å². The van der Waals surface area contributed by atoms with Gasteiger partial charge in [0.05, 0.1) is 5.69 Å². The van der Waals surface area contributed by atoms with E-state index in [-0.39, 0.29) is 11.8 Å². The van der Waals surface area contributed by atoms with Gasteiger partial charge in [0.15, 0.2) is 6.29 Å². The molecule has 2 amide bonds. The number of amides is 2. The number of likely N-dealkylation sites (N-methyl/N-ethyl adjacent to an activating group) is 1. The maximum Gasteiger partial charge on any atom is 0.249 e. The molecule has 6 nitrogen and oxygen atoms in total. The Hall–Kier alpha value is -2.50. The number of hydrogen-bond acceptors (Lipinski definition) is 4. The summed E-state index contributed by atoms with van der Waals surface area (Å²) in [5, 5.41) is 2.33. The van der Waals surface area contributed by atoms with E-state index in [0.717, 1.165) is 11.8 Å². The highest BCUT2D eigenvalue weighted by molar-refractivity contribution is 6.02. The number of nitrogens with zero attached hydrogens (tertiary/aromatic N) is 2. The predicted octanol–water partition coefficient (Wildman–Crippen LogP) is 1.59. The van der Waals surface area contributed by atoms with Gasteiger partial charge in [-0.3, -0.25) is 19.7 Å². The van der Waals surface area contributed by atoms with Gasteiger partial charge in [-0.15, -0.1) is 0 Å². The first-order valence-corrected chi connectivity index (χ1v) is 7.10. The third-order valence-electron chi connectivity index (χ3n) is 3.89. The van der Waals surface area contributed by atoms with Gasteiger partial charge in [0, 0.05) is 19.0 Å². The third-order valence-corrected chi connectivity index (χ3v) is 3.89. The fraction of sp³-hybridized carbons (Fsp3) is 0.375. The van der Waals surface area contributed by atoms with Gasteiger partial charge in [0.25, 0.3) is 0 Å². The zero-order valence-electron chi connectivity index (χ0n) is 12.9. The fourth-order valence-electron chi connectivity index (χ4n) is 2.45. The zero-order chi connectivity index (χ0) is 16.3. The number of hydrogen-bond donors (Lipinski definition) is 1. The SMILES string of the molecule is CC(=Nc1cccc(C)c1C=O)N(C)C1CCC(=O)NC1=O. The lowest BCUT2D eigenvalue weighted by atomic mass is 10.0. The molecule has 1 aliphatic heterocycles. The summed E-state index contributed by atoms with van der Waals surface area (Å²) in [6.07, 6.45) is 1.56. The van der Waals surface area contributed by atoms with Crippen molar-refractivity contribution in [1.29, 1.82) is 0 Å². The molecule has 0 saturated carbocycles. The van der Waals surface area contributed by atoms with Gasteiger partial charge in [-0.05, 0) is 31.9 Å². The highest BCUT2D eigenvalue weighted by Gasteiger charge is 2.30. The molecule has 116 valence electrons. The fourth-order valence-corrected chi connectivity index (χ4v) is 2.45. The van der Waals surface area contributed by atoms with Crippen molar-refractivity contribution >= 4 is 29.6 Å². The average molecular weight is 301 g/mol. The molecule has 1 atom stereocenters. The minimum absolute atomic E-state index is 0.244. The minimum Gasteiger partial charge on any atom is -0.351 e. The molecule has 1 saturated heterocycles. The highest BCUT2D eigenvalue weighted by Crippen LogP contribution is 2.22. The summed E-state index contributed by atoms with van der Waals surface area (Å²) >= 11 is 0. The summed E-state index contributed by atoms with van der Waals surface area (Å²) in [6, 6.07) is 5.02. The summed E-state index contributed by atoms with van der Waals surface area (Å²) in [7, 11) is 1.76. The molecule has 1 aromatic rings. The van der Waals surface area contributed by atoms with Crippen LogP contribution in [0, 0.1) is 6.92 Å². The number of imide groups is 1. The molecule has 0 spiro atoms. The van der Waals surface area contributed by atoms with Crippen molar-refractivity contribution in [2.45, 2.75) is 32.7 Å². The second-order valence-corrected chi connectivity index (χ2v) is 5.36. The lowest BCUT2D eigenvalue weighted by molar-refractivity contribution is -0.136. The zero-order valence-corrected chi connectivity index (χ0v) is 12.9. The third kappa shape index (κ3) is 3.21. The van der Waals surface area contributed by atoms with E-state index in [1.807, 2.05) is 19.1 Å². The minimum atomic E-state index is -0.425. The molecule has 0 aromatic heterocycles.